The van der Waals surface area contributed by atoms with E-state index in [9.17, 15) is 9.59 Å². The van der Waals surface area contributed by atoms with Gasteiger partial charge in [-0.05, 0) is 17.7 Å². The zero-order chi connectivity index (χ0) is 17.8. The van der Waals surface area contributed by atoms with E-state index in [0.29, 0.717) is 12.2 Å². The Labute approximate surface area is 149 Å². The van der Waals surface area contributed by atoms with Crippen LogP contribution in [0.15, 0.2) is 48.5 Å². The van der Waals surface area contributed by atoms with Gasteiger partial charge in [0.05, 0.1) is 7.11 Å². The molecule has 0 bridgehead atoms. The number of amides is 1. The lowest BCUT2D eigenvalue weighted by Gasteiger charge is -2.42. The molecule has 2 aliphatic rings. The van der Waals surface area contributed by atoms with Crippen molar-refractivity contribution in [2.75, 3.05) is 7.11 Å². The van der Waals surface area contributed by atoms with E-state index in [1.165, 1.54) is 12.0 Å². The molecule has 5 rings (SSSR count). The average Bonchev–Trinajstić information content (AvgIpc) is 3.05. The summed E-state index contributed by atoms with van der Waals surface area (Å²) < 4.78 is 10.5. The number of esters is 1. The number of carbonyl (C=O) groups excluding carboxylic acids is 2. The molecule has 6 nitrogen and oxygen atoms in total. The van der Waals surface area contributed by atoms with Gasteiger partial charge in [0.2, 0.25) is 0 Å². The van der Waals surface area contributed by atoms with Crippen molar-refractivity contribution >= 4 is 23.0 Å². The summed E-state index contributed by atoms with van der Waals surface area (Å²) in [6.07, 6.45) is -0.145. The third-order valence-corrected chi connectivity index (χ3v) is 5.23. The SMILES string of the molecule is COC(=O)[C@@H]1Cc2c([nH]c3ccccc23)[C@@H]2c3ccccc3OC(=O)N21. The van der Waals surface area contributed by atoms with Gasteiger partial charge in [-0.2, -0.15) is 0 Å². The summed E-state index contributed by atoms with van der Waals surface area (Å²) in [7, 11) is 1.34. The van der Waals surface area contributed by atoms with Crippen LogP contribution in [0.2, 0.25) is 0 Å². The highest BCUT2D eigenvalue weighted by Crippen LogP contribution is 2.46. The van der Waals surface area contributed by atoms with Crippen LogP contribution >= 0.6 is 0 Å². The van der Waals surface area contributed by atoms with E-state index < -0.39 is 24.1 Å². The second-order valence-corrected chi connectivity index (χ2v) is 6.52. The van der Waals surface area contributed by atoms with Gasteiger partial charge in [-0.15, -0.1) is 0 Å². The van der Waals surface area contributed by atoms with Crippen molar-refractivity contribution in [2.45, 2.75) is 18.5 Å². The fourth-order valence-electron chi connectivity index (χ4n) is 4.10. The highest BCUT2D eigenvalue weighted by Gasteiger charge is 2.48. The van der Waals surface area contributed by atoms with Crippen LogP contribution in [0, 0.1) is 0 Å². The number of para-hydroxylation sites is 2. The molecule has 0 radical (unpaired) electrons. The third kappa shape index (κ3) is 1.92. The number of nitrogens with zero attached hydrogens (tertiary/aromatic N) is 1. The van der Waals surface area contributed by atoms with Gasteiger partial charge in [0, 0.05) is 28.6 Å². The first-order valence-corrected chi connectivity index (χ1v) is 8.45. The topological polar surface area (TPSA) is 71.6 Å². The standard InChI is InChI=1S/C20H16N2O4/c1-25-19(23)15-10-13-11-6-2-4-8-14(11)21-17(13)18-12-7-3-5-9-16(12)26-20(24)22(15)18/h2-9,15,18,21H,10H2,1H3/t15-,18-/m0/s1. The minimum atomic E-state index is -0.724. The summed E-state index contributed by atoms with van der Waals surface area (Å²) in [4.78, 5) is 30.1. The van der Waals surface area contributed by atoms with Gasteiger partial charge in [-0.25, -0.2) is 9.59 Å². The molecule has 0 saturated carbocycles. The molecule has 2 aliphatic heterocycles. The van der Waals surface area contributed by atoms with Crippen molar-refractivity contribution < 1.29 is 19.1 Å². The van der Waals surface area contributed by atoms with Gasteiger partial charge >= 0.3 is 12.1 Å². The smallest absolute Gasteiger partial charge is 0.416 e. The molecule has 0 aliphatic carbocycles. The third-order valence-electron chi connectivity index (χ3n) is 5.23. The fraction of sp³-hybridized carbons (Fsp3) is 0.200. The van der Waals surface area contributed by atoms with Crippen LogP contribution in [0.25, 0.3) is 10.9 Å². The van der Waals surface area contributed by atoms with Gasteiger partial charge in [0.25, 0.3) is 0 Å². The molecule has 1 amide bonds. The van der Waals surface area contributed by atoms with Gasteiger partial charge in [0.1, 0.15) is 17.8 Å². The van der Waals surface area contributed by atoms with Gasteiger partial charge < -0.3 is 14.5 Å². The summed E-state index contributed by atoms with van der Waals surface area (Å²) in [6, 6.07) is 14.3. The molecule has 2 atom stereocenters. The normalized spacial score (nSPS) is 20.8. The van der Waals surface area contributed by atoms with Gasteiger partial charge in [0.15, 0.2) is 0 Å². The molecule has 3 aromatic rings. The maximum absolute atomic E-state index is 12.7. The molecule has 6 heteroatoms. The number of methoxy groups -OCH3 is 1. The average molecular weight is 348 g/mol. The molecule has 0 fully saturated rings. The summed E-state index contributed by atoms with van der Waals surface area (Å²) in [5.74, 6) is 0.0798. The van der Waals surface area contributed by atoms with Crippen LogP contribution in [0.5, 0.6) is 5.75 Å². The van der Waals surface area contributed by atoms with E-state index in [0.717, 1.165) is 27.7 Å². The highest BCUT2D eigenvalue weighted by molar-refractivity contribution is 5.90. The molecule has 130 valence electrons. The maximum Gasteiger partial charge on any atom is 0.416 e. The Morgan fingerprint density at radius 1 is 1.19 bits per heavy atom. The molecule has 0 saturated heterocycles. The van der Waals surface area contributed by atoms with E-state index in [1.807, 2.05) is 42.5 Å². The Morgan fingerprint density at radius 3 is 2.81 bits per heavy atom. The maximum atomic E-state index is 12.7. The predicted octanol–water partition coefficient (Wildman–Crippen LogP) is 3.17. The van der Waals surface area contributed by atoms with Crippen LogP contribution in [0.3, 0.4) is 0 Å². The predicted molar refractivity (Wildman–Crippen MR) is 94.0 cm³/mol. The monoisotopic (exact) mass is 348 g/mol. The first kappa shape index (κ1) is 15.0. The summed E-state index contributed by atoms with van der Waals surface area (Å²) in [5.41, 5.74) is 3.81. The zero-order valence-electron chi connectivity index (χ0n) is 14.1. The number of nitrogens with one attached hydrogen (secondary N) is 1. The quantitative estimate of drug-likeness (QED) is 0.686. The number of aromatic amines is 1. The lowest BCUT2D eigenvalue weighted by molar-refractivity contribution is -0.147. The Hall–Kier alpha value is -3.28. The molecule has 1 aromatic heterocycles. The van der Waals surface area contributed by atoms with Crippen LogP contribution < -0.4 is 4.74 Å². The van der Waals surface area contributed by atoms with E-state index in [-0.39, 0.29) is 0 Å². The van der Waals surface area contributed by atoms with Crippen molar-refractivity contribution in [3.05, 3.63) is 65.4 Å². The van der Waals surface area contributed by atoms with Crippen LogP contribution in [0.1, 0.15) is 22.9 Å². The Kier molecular flexibility index (Phi) is 3.09. The van der Waals surface area contributed by atoms with Crippen LogP contribution in [0.4, 0.5) is 4.79 Å². The Bertz CT molecular complexity index is 1050. The Morgan fingerprint density at radius 2 is 1.96 bits per heavy atom. The summed E-state index contributed by atoms with van der Waals surface area (Å²) in [6.45, 7) is 0. The van der Waals surface area contributed by atoms with Crippen LogP contribution in [-0.2, 0) is 16.0 Å². The minimum absolute atomic E-state index is 0.389. The lowest BCUT2D eigenvalue weighted by Crippen LogP contribution is -2.54. The molecule has 26 heavy (non-hydrogen) atoms. The first-order valence-electron chi connectivity index (χ1n) is 8.45. The largest absolute Gasteiger partial charge is 0.467 e. The second kappa shape index (κ2) is 5.36. The fourth-order valence-corrected chi connectivity index (χ4v) is 4.10. The zero-order valence-corrected chi connectivity index (χ0v) is 14.1. The number of fused-ring (bicyclic) bond motifs is 7. The summed E-state index contributed by atoms with van der Waals surface area (Å²) >= 11 is 0. The van der Waals surface area contributed by atoms with Crippen molar-refractivity contribution in [1.29, 1.82) is 0 Å². The van der Waals surface area contributed by atoms with E-state index in [2.05, 4.69) is 4.98 Å². The minimum Gasteiger partial charge on any atom is -0.467 e. The molecule has 0 spiro atoms. The van der Waals surface area contributed by atoms with E-state index in [4.69, 9.17) is 9.47 Å². The van der Waals surface area contributed by atoms with Crippen molar-refractivity contribution in [1.82, 2.24) is 9.88 Å². The number of aromatic nitrogens is 1. The van der Waals surface area contributed by atoms with Gasteiger partial charge in [-0.3, -0.25) is 4.90 Å². The molecule has 3 heterocycles. The van der Waals surface area contributed by atoms with Crippen molar-refractivity contribution in [3.63, 3.8) is 0 Å². The molecule has 0 unspecified atom stereocenters. The van der Waals surface area contributed by atoms with Crippen molar-refractivity contribution in [3.8, 4) is 5.75 Å². The summed E-state index contributed by atoms with van der Waals surface area (Å²) in [5, 5.41) is 1.06. The number of ether oxygens (including phenoxy) is 2. The number of hydrogen-bond acceptors (Lipinski definition) is 4. The highest BCUT2D eigenvalue weighted by atomic mass is 16.6. The molecular weight excluding hydrogens is 332 g/mol. The van der Waals surface area contributed by atoms with Gasteiger partial charge in [-0.1, -0.05) is 36.4 Å². The van der Waals surface area contributed by atoms with E-state index >= 15 is 0 Å². The van der Waals surface area contributed by atoms with Crippen molar-refractivity contribution in [2.24, 2.45) is 0 Å². The van der Waals surface area contributed by atoms with Crippen LogP contribution in [-0.4, -0.2) is 35.1 Å². The Balaban J connectivity index is 1.80. The lowest BCUT2D eigenvalue weighted by atomic mass is 9.87. The number of hydrogen-bond donors (Lipinski definition) is 1. The molecule has 1 N–H and O–H groups in total. The first-order chi connectivity index (χ1) is 12.7. The number of H-pyrrole nitrogens is 1. The molecular formula is C20H16N2O4. The number of benzene rings is 2. The molecule has 2 aromatic carbocycles. The number of rotatable bonds is 1. The van der Waals surface area contributed by atoms with E-state index in [1.54, 1.807) is 6.07 Å². The number of carbonyl (C=O) groups is 2. The second-order valence-electron chi connectivity index (χ2n) is 6.52.